The van der Waals surface area contributed by atoms with Crippen molar-refractivity contribution in [1.82, 2.24) is 9.38 Å². The summed E-state index contributed by atoms with van der Waals surface area (Å²) in [7, 11) is 0. The van der Waals surface area contributed by atoms with Gasteiger partial charge in [0.2, 0.25) is 0 Å². The highest BCUT2D eigenvalue weighted by molar-refractivity contribution is 5.40. The van der Waals surface area contributed by atoms with E-state index in [1.165, 1.54) is 18.5 Å². The molecule has 0 aliphatic heterocycles. The number of aromatic nitrogens is 2. The Kier molecular flexibility index (Phi) is 2.53. The fourth-order valence-electron chi connectivity index (χ4n) is 1.86. The molecule has 0 amide bonds. The second-order valence-electron chi connectivity index (χ2n) is 3.65. The van der Waals surface area contributed by atoms with Crippen molar-refractivity contribution in [3.8, 4) is 0 Å². The smallest absolute Gasteiger partial charge is 0.136 e. The number of imidazole rings is 1. The fourth-order valence-corrected chi connectivity index (χ4v) is 1.86. The van der Waals surface area contributed by atoms with Gasteiger partial charge in [0.05, 0.1) is 5.69 Å². The Bertz CT molecular complexity index is 380. The third-order valence-electron chi connectivity index (χ3n) is 2.79. The van der Waals surface area contributed by atoms with Gasteiger partial charge in [0, 0.05) is 18.3 Å². The lowest BCUT2D eigenvalue weighted by Crippen LogP contribution is -1.94. The minimum Gasteiger partial charge on any atom is -0.307 e. The molecule has 2 heterocycles. The summed E-state index contributed by atoms with van der Waals surface area (Å²) in [5.74, 6) is 0.606. The van der Waals surface area contributed by atoms with E-state index in [0.29, 0.717) is 5.92 Å². The number of hydrogen-bond donors (Lipinski definition) is 0. The summed E-state index contributed by atoms with van der Waals surface area (Å²) < 4.78 is 2.09. The quantitative estimate of drug-likeness (QED) is 0.722. The van der Waals surface area contributed by atoms with Crippen molar-refractivity contribution in [2.75, 3.05) is 0 Å². The number of fused-ring (bicyclic) bond motifs is 1. The molecule has 74 valence electrons. The summed E-state index contributed by atoms with van der Waals surface area (Å²) in [4.78, 5) is 4.62. The molecule has 0 bridgehead atoms. The Morgan fingerprint density at radius 1 is 1.29 bits per heavy atom. The number of hydrogen-bond acceptors (Lipinski definition) is 1. The molecule has 0 spiro atoms. The Labute approximate surface area is 84.6 Å². The molecule has 2 nitrogen and oxygen atoms in total. The maximum Gasteiger partial charge on any atom is 0.136 e. The van der Waals surface area contributed by atoms with Crippen LogP contribution in [0.25, 0.3) is 5.65 Å². The highest BCUT2D eigenvalue weighted by atomic mass is 15.0. The highest BCUT2D eigenvalue weighted by Crippen LogP contribution is 2.21. The largest absolute Gasteiger partial charge is 0.307 e. The van der Waals surface area contributed by atoms with Gasteiger partial charge in [0.15, 0.2) is 0 Å². The first-order valence-electron chi connectivity index (χ1n) is 5.28. The van der Waals surface area contributed by atoms with Crippen LogP contribution in [0.5, 0.6) is 0 Å². The van der Waals surface area contributed by atoms with Crippen molar-refractivity contribution in [1.29, 1.82) is 0 Å². The van der Waals surface area contributed by atoms with Crippen molar-refractivity contribution in [3.63, 3.8) is 0 Å². The minimum atomic E-state index is 0.606. The maximum atomic E-state index is 4.62. The number of pyridine rings is 1. The molecule has 2 aromatic heterocycles. The van der Waals surface area contributed by atoms with Crippen LogP contribution in [-0.4, -0.2) is 9.38 Å². The van der Waals surface area contributed by atoms with E-state index in [4.69, 9.17) is 0 Å². The van der Waals surface area contributed by atoms with Gasteiger partial charge in [-0.2, -0.15) is 0 Å². The highest BCUT2D eigenvalue weighted by Gasteiger charge is 2.10. The molecule has 14 heavy (non-hydrogen) atoms. The van der Waals surface area contributed by atoms with Gasteiger partial charge in [-0.1, -0.05) is 19.9 Å². The molecule has 0 atom stereocenters. The van der Waals surface area contributed by atoms with Gasteiger partial charge in [-0.05, 0) is 25.0 Å². The lowest BCUT2D eigenvalue weighted by Gasteiger charge is -2.06. The molecule has 2 rings (SSSR count). The average molecular weight is 188 g/mol. The first-order chi connectivity index (χ1) is 6.85. The van der Waals surface area contributed by atoms with Crippen LogP contribution in [-0.2, 0) is 0 Å². The maximum absolute atomic E-state index is 4.62. The van der Waals surface area contributed by atoms with E-state index in [9.17, 15) is 0 Å². The van der Waals surface area contributed by atoms with E-state index in [1.807, 2.05) is 24.4 Å². The molecular formula is C12H16N2. The monoisotopic (exact) mass is 188 g/mol. The minimum absolute atomic E-state index is 0.606. The number of rotatable bonds is 3. The van der Waals surface area contributed by atoms with Gasteiger partial charge in [0.25, 0.3) is 0 Å². The Balaban J connectivity index is 2.43. The molecule has 0 aliphatic rings. The summed E-state index contributed by atoms with van der Waals surface area (Å²) in [5.41, 5.74) is 2.27. The van der Waals surface area contributed by atoms with Gasteiger partial charge in [-0.3, -0.25) is 0 Å². The summed E-state index contributed by atoms with van der Waals surface area (Å²) in [6.45, 7) is 4.44. The van der Waals surface area contributed by atoms with E-state index in [-0.39, 0.29) is 0 Å². The summed E-state index contributed by atoms with van der Waals surface area (Å²) >= 11 is 0. The molecule has 0 fully saturated rings. The van der Waals surface area contributed by atoms with Crippen LogP contribution < -0.4 is 0 Å². The molecule has 0 aromatic carbocycles. The molecule has 2 aromatic rings. The van der Waals surface area contributed by atoms with Crippen molar-refractivity contribution in [3.05, 3.63) is 36.3 Å². The van der Waals surface area contributed by atoms with Gasteiger partial charge >= 0.3 is 0 Å². The van der Waals surface area contributed by atoms with Crippen molar-refractivity contribution in [2.24, 2.45) is 0 Å². The zero-order valence-electron chi connectivity index (χ0n) is 8.77. The van der Waals surface area contributed by atoms with Crippen molar-refractivity contribution < 1.29 is 0 Å². The third-order valence-corrected chi connectivity index (χ3v) is 2.79. The van der Waals surface area contributed by atoms with Gasteiger partial charge in [-0.25, -0.2) is 4.98 Å². The zero-order chi connectivity index (χ0) is 9.97. The van der Waals surface area contributed by atoms with Crippen molar-refractivity contribution >= 4 is 5.65 Å². The molecule has 0 unspecified atom stereocenters. The van der Waals surface area contributed by atoms with Crippen LogP contribution in [0.4, 0.5) is 0 Å². The van der Waals surface area contributed by atoms with Crippen LogP contribution in [0.15, 0.2) is 30.6 Å². The van der Waals surface area contributed by atoms with Crippen LogP contribution in [0.1, 0.15) is 38.3 Å². The summed E-state index contributed by atoms with van der Waals surface area (Å²) in [6.07, 6.45) is 6.53. The van der Waals surface area contributed by atoms with E-state index in [0.717, 1.165) is 5.65 Å². The Morgan fingerprint density at radius 2 is 2.07 bits per heavy atom. The molecule has 0 N–H and O–H groups in total. The lowest BCUT2D eigenvalue weighted by molar-refractivity contribution is 0.627. The normalized spacial score (nSPS) is 11.4. The predicted molar refractivity (Wildman–Crippen MR) is 58.5 cm³/mol. The zero-order valence-corrected chi connectivity index (χ0v) is 8.77. The van der Waals surface area contributed by atoms with Gasteiger partial charge in [0.1, 0.15) is 5.65 Å². The van der Waals surface area contributed by atoms with Crippen LogP contribution in [0, 0.1) is 0 Å². The second kappa shape index (κ2) is 3.82. The van der Waals surface area contributed by atoms with E-state index in [1.54, 1.807) is 0 Å². The SMILES string of the molecule is CCC(CC)c1cn2ccccc2n1. The second-order valence-corrected chi connectivity index (χ2v) is 3.65. The predicted octanol–water partition coefficient (Wildman–Crippen LogP) is 3.24. The van der Waals surface area contributed by atoms with E-state index < -0.39 is 0 Å². The fraction of sp³-hybridized carbons (Fsp3) is 0.417. The van der Waals surface area contributed by atoms with Crippen LogP contribution >= 0.6 is 0 Å². The van der Waals surface area contributed by atoms with Crippen molar-refractivity contribution in [2.45, 2.75) is 32.6 Å². The third kappa shape index (κ3) is 1.52. The molecule has 0 aliphatic carbocycles. The Hall–Kier alpha value is -1.31. The topological polar surface area (TPSA) is 17.3 Å². The standard InChI is InChI=1S/C12H16N2/c1-3-10(4-2)11-9-14-8-6-5-7-12(14)13-11/h5-10H,3-4H2,1-2H3. The Morgan fingerprint density at radius 3 is 2.71 bits per heavy atom. The first-order valence-corrected chi connectivity index (χ1v) is 5.28. The molecular weight excluding hydrogens is 172 g/mol. The number of nitrogens with zero attached hydrogens (tertiary/aromatic N) is 2. The molecule has 2 heteroatoms. The first kappa shape index (κ1) is 9.25. The van der Waals surface area contributed by atoms with Crippen LogP contribution in [0.2, 0.25) is 0 Å². The molecule has 0 saturated carbocycles. The molecule has 0 saturated heterocycles. The van der Waals surface area contributed by atoms with Gasteiger partial charge in [-0.15, -0.1) is 0 Å². The van der Waals surface area contributed by atoms with E-state index in [2.05, 4.69) is 29.4 Å². The van der Waals surface area contributed by atoms with E-state index >= 15 is 0 Å². The molecule has 0 radical (unpaired) electrons. The average Bonchev–Trinajstić information content (AvgIpc) is 2.63. The summed E-state index contributed by atoms with van der Waals surface area (Å²) in [6, 6.07) is 6.11. The summed E-state index contributed by atoms with van der Waals surface area (Å²) in [5, 5.41) is 0. The van der Waals surface area contributed by atoms with Gasteiger partial charge < -0.3 is 4.40 Å². The lowest BCUT2D eigenvalue weighted by atomic mass is 10.0. The van der Waals surface area contributed by atoms with Crippen LogP contribution in [0.3, 0.4) is 0 Å².